The van der Waals surface area contributed by atoms with Crippen LogP contribution in [0.4, 0.5) is 0 Å². The molecule has 1 aliphatic heterocycles. The maximum Gasteiger partial charge on any atom is 0.469 e. The van der Waals surface area contributed by atoms with Crippen LogP contribution < -0.4 is 5.73 Å². The Morgan fingerprint density at radius 3 is 2.65 bits per heavy atom. The molecule has 0 amide bonds. The molecule has 2 aliphatic rings. The molecule has 2 rings (SSSR count). The van der Waals surface area contributed by atoms with Crippen LogP contribution in [-0.2, 0) is 28.2 Å². The Morgan fingerprint density at radius 2 is 1.98 bits per heavy atom. The number of nitrogens with two attached hydrogens (primary N) is 1. The van der Waals surface area contributed by atoms with Crippen LogP contribution in [0.5, 0.6) is 0 Å². The molecule has 8 atom stereocenters. The Hall–Kier alpha value is -2.11. The van der Waals surface area contributed by atoms with Crippen molar-refractivity contribution in [3.63, 3.8) is 0 Å². The van der Waals surface area contributed by atoms with Crippen molar-refractivity contribution in [3.05, 3.63) is 48.6 Å². The normalized spacial score (nSPS) is 25.9. The summed E-state index contributed by atoms with van der Waals surface area (Å²) in [4.78, 5) is 43.3. The highest BCUT2D eigenvalue weighted by Crippen LogP contribution is 2.42. The molecule has 12 heteroatoms. The van der Waals surface area contributed by atoms with E-state index >= 15 is 0 Å². The van der Waals surface area contributed by atoms with Crippen LogP contribution in [0.3, 0.4) is 0 Å². The van der Waals surface area contributed by atoms with Gasteiger partial charge in [0.2, 0.25) is 0 Å². The van der Waals surface area contributed by atoms with Crippen LogP contribution in [0, 0.1) is 17.8 Å². The fourth-order valence-electron chi connectivity index (χ4n) is 5.86. The van der Waals surface area contributed by atoms with Gasteiger partial charge in [0.1, 0.15) is 23.9 Å². The third-order valence-electron chi connectivity index (χ3n) is 8.84. The van der Waals surface area contributed by atoms with Gasteiger partial charge in [-0.2, -0.15) is 0 Å². The molecule has 0 bridgehead atoms. The fraction of sp³-hybridized carbons (Fsp3) is 0.706. The first-order chi connectivity index (χ1) is 21.8. The number of rotatable bonds is 20. The van der Waals surface area contributed by atoms with Gasteiger partial charge in [-0.15, -0.1) is 0 Å². The molecule has 1 fully saturated rings. The highest BCUT2D eigenvalue weighted by atomic mass is 31.2. The van der Waals surface area contributed by atoms with Crippen molar-refractivity contribution in [3.8, 4) is 0 Å². The number of hydrogen-bond donors (Lipinski definition) is 5. The van der Waals surface area contributed by atoms with E-state index in [0.29, 0.717) is 18.8 Å². The first-order valence-electron chi connectivity index (χ1n) is 16.8. The van der Waals surface area contributed by atoms with Crippen LogP contribution in [0.25, 0.3) is 0 Å². The quantitative estimate of drug-likeness (QED) is 0.0378. The van der Waals surface area contributed by atoms with Gasteiger partial charge in [-0.05, 0) is 69.4 Å². The molecule has 262 valence electrons. The first-order valence-corrected chi connectivity index (χ1v) is 18.3. The monoisotopic (exact) mass is 669 g/mol. The Bertz CT molecular complexity index is 1100. The van der Waals surface area contributed by atoms with Crippen molar-refractivity contribution in [2.45, 2.75) is 128 Å². The summed E-state index contributed by atoms with van der Waals surface area (Å²) in [7, 11) is -5.08. The number of phosphoric acid groups is 1. The highest BCUT2D eigenvalue weighted by molar-refractivity contribution is 7.46. The van der Waals surface area contributed by atoms with Gasteiger partial charge in [0, 0.05) is 24.8 Å². The molecular formula is C34H56NO10P. The van der Waals surface area contributed by atoms with E-state index in [1.54, 1.807) is 18.2 Å². The summed E-state index contributed by atoms with van der Waals surface area (Å²) in [5.74, 6) is 0.0647. The molecule has 0 aromatic carbocycles. The Labute approximate surface area is 274 Å². The summed E-state index contributed by atoms with van der Waals surface area (Å²) < 4.78 is 27.9. The SMILES string of the molecule is CCC(C)CCCCC(=O)OC1CCCC(/C=C\C=C/C(O)CC(OP(=O)(O)O)C(O)(/C=C/C2OC(=O)C=CC2CC)CCN)C1. The second kappa shape index (κ2) is 20.3. The summed E-state index contributed by atoms with van der Waals surface area (Å²) in [5, 5.41) is 22.2. The maximum absolute atomic E-state index is 12.3. The molecular weight excluding hydrogens is 613 g/mol. The number of allylic oxidation sites excluding steroid dienone is 3. The fourth-order valence-corrected chi connectivity index (χ4v) is 6.46. The zero-order chi connectivity index (χ0) is 34.2. The lowest BCUT2D eigenvalue weighted by Gasteiger charge is -2.35. The molecule has 1 aliphatic carbocycles. The number of cyclic esters (lactones) is 1. The zero-order valence-corrected chi connectivity index (χ0v) is 28.5. The minimum atomic E-state index is -5.08. The molecule has 0 aromatic rings. The lowest BCUT2D eigenvalue weighted by Crippen LogP contribution is -2.45. The minimum Gasteiger partial charge on any atom is -0.462 e. The van der Waals surface area contributed by atoms with Gasteiger partial charge in [-0.1, -0.05) is 76.5 Å². The van der Waals surface area contributed by atoms with Crippen molar-refractivity contribution in [1.29, 1.82) is 0 Å². The first kappa shape index (κ1) is 40.1. The summed E-state index contributed by atoms with van der Waals surface area (Å²) >= 11 is 0. The molecule has 1 heterocycles. The maximum atomic E-state index is 12.3. The largest absolute Gasteiger partial charge is 0.469 e. The average Bonchev–Trinajstić information content (AvgIpc) is 2.99. The molecule has 6 N–H and O–H groups in total. The number of esters is 2. The van der Waals surface area contributed by atoms with E-state index < -0.39 is 37.7 Å². The highest BCUT2D eigenvalue weighted by Gasteiger charge is 2.40. The van der Waals surface area contributed by atoms with Crippen LogP contribution in [0.1, 0.15) is 97.8 Å². The van der Waals surface area contributed by atoms with E-state index in [1.165, 1.54) is 24.3 Å². The molecule has 0 aromatic heterocycles. The molecule has 8 unspecified atom stereocenters. The number of ether oxygens (including phenoxy) is 2. The topological polar surface area (TPSA) is 186 Å². The standard InChI is InChI=1S/C34H56NO10P/c1-4-25(3)11-6-9-16-32(37)43-29-15-10-13-26(23-29)12-7-8-14-28(36)24-31(45-46(40,41)42)34(39,21-22-35)20-19-30-27(5-2)17-18-33(38)44-30/h7-8,12,14,17-20,25-31,36,39H,4-6,9-11,13,15-16,21-24,35H2,1-3H3,(H2,40,41,42)/b12-7-,14-8-,20-19+. The lowest BCUT2D eigenvalue weighted by molar-refractivity contribution is -0.151. The third kappa shape index (κ3) is 15.2. The van der Waals surface area contributed by atoms with E-state index in [0.717, 1.165) is 51.4 Å². The van der Waals surface area contributed by atoms with E-state index in [-0.39, 0.29) is 43.3 Å². The Balaban J connectivity index is 1.99. The predicted molar refractivity (Wildman–Crippen MR) is 176 cm³/mol. The molecule has 0 saturated heterocycles. The van der Waals surface area contributed by atoms with Crippen LogP contribution in [0.2, 0.25) is 0 Å². The summed E-state index contributed by atoms with van der Waals surface area (Å²) in [6, 6.07) is 0. The second-order valence-corrected chi connectivity index (χ2v) is 13.9. The van der Waals surface area contributed by atoms with Crippen molar-refractivity contribution in [1.82, 2.24) is 0 Å². The van der Waals surface area contributed by atoms with E-state index in [2.05, 4.69) is 13.8 Å². The second-order valence-electron chi connectivity index (χ2n) is 12.7. The number of phosphoric ester groups is 1. The predicted octanol–water partition coefficient (Wildman–Crippen LogP) is 5.18. The number of aliphatic hydroxyl groups is 2. The van der Waals surface area contributed by atoms with Gasteiger partial charge >= 0.3 is 19.8 Å². The van der Waals surface area contributed by atoms with Crippen molar-refractivity contribution in [2.24, 2.45) is 23.5 Å². The number of aliphatic hydroxyl groups excluding tert-OH is 1. The number of carbonyl (C=O) groups is 2. The van der Waals surface area contributed by atoms with Gasteiger partial charge < -0.3 is 35.2 Å². The lowest BCUT2D eigenvalue weighted by atomic mass is 9.86. The van der Waals surface area contributed by atoms with Crippen LogP contribution >= 0.6 is 7.82 Å². The minimum absolute atomic E-state index is 0.0476. The summed E-state index contributed by atoms with van der Waals surface area (Å²) in [6.07, 6.45) is 17.3. The van der Waals surface area contributed by atoms with E-state index in [9.17, 15) is 34.2 Å². The molecule has 1 saturated carbocycles. The summed E-state index contributed by atoms with van der Waals surface area (Å²) in [5.41, 5.74) is 3.75. The molecule has 0 radical (unpaired) electrons. The number of carbonyl (C=O) groups excluding carboxylic acids is 2. The summed E-state index contributed by atoms with van der Waals surface area (Å²) in [6.45, 7) is 6.27. The van der Waals surface area contributed by atoms with Crippen LogP contribution in [0.15, 0.2) is 48.6 Å². The molecule has 11 nitrogen and oxygen atoms in total. The smallest absolute Gasteiger partial charge is 0.462 e. The van der Waals surface area contributed by atoms with Crippen molar-refractivity contribution in [2.75, 3.05) is 6.54 Å². The van der Waals surface area contributed by atoms with E-state index in [1.807, 2.05) is 13.0 Å². The third-order valence-corrected chi connectivity index (χ3v) is 9.37. The van der Waals surface area contributed by atoms with Crippen molar-refractivity contribution >= 4 is 19.8 Å². The van der Waals surface area contributed by atoms with Gasteiger partial charge in [-0.25, -0.2) is 9.36 Å². The van der Waals surface area contributed by atoms with Crippen LogP contribution in [-0.4, -0.2) is 68.5 Å². The van der Waals surface area contributed by atoms with Gasteiger partial charge in [-0.3, -0.25) is 9.32 Å². The van der Waals surface area contributed by atoms with Gasteiger partial charge in [0.25, 0.3) is 0 Å². The van der Waals surface area contributed by atoms with Gasteiger partial charge in [0.05, 0.1) is 6.10 Å². The number of unbranched alkanes of at least 4 members (excludes halogenated alkanes) is 1. The Kier molecular flexibility index (Phi) is 17.7. The number of hydrogen-bond acceptors (Lipinski definition) is 9. The molecule has 46 heavy (non-hydrogen) atoms. The van der Waals surface area contributed by atoms with E-state index in [4.69, 9.17) is 19.7 Å². The average molecular weight is 670 g/mol. The van der Waals surface area contributed by atoms with Crippen molar-refractivity contribution < 1.29 is 48.2 Å². The molecule has 0 spiro atoms. The van der Waals surface area contributed by atoms with Gasteiger partial charge in [0.15, 0.2) is 0 Å². The zero-order valence-electron chi connectivity index (χ0n) is 27.6. The Morgan fingerprint density at radius 1 is 1.22 bits per heavy atom.